The summed E-state index contributed by atoms with van der Waals surface area (Å²) in [5.41, 5.74) is 4.60. The van der Waals surface area contributed by atoms with E-state index in [0.29, 0.717) is 22.7 Å². The highest BCUT2D eigenvalue weighted by Crippen LogP contribution is 2.39. The normalized spacial score (nSPS) is 13.9. The van der Waals surface area contributed by atoms with Gasteiger partial charge in [0, 0.05) is 16.8 Å². The first-order chi connectivity index (χ1) is 15.0. The summed E-state index contributed by atoms with van der Waals surface area (Å²) < 4.78 is 6.85. The second-order valence-electron chi connectivity index (χ2n) is 7.85. The van der Waals surface area contributed by atoms with E-state index in [4.69, 9.17) is 4.74 Å². The van der Waals surface area contributed by atoms with Gasteiger partial charge in [0.1, 0.15) is 5.00 Å². The van der Waals surface area contributed by atoms with Crippen molar-refractivity contribution in [2.75, 3.05) is 6.61 Å². The smallest absolute Gasteiger partial charge is 0.341 e. The molecule has 0 spiro atoms. The Morgan fingerprint density at radius 2 is 1.94 bits per heavy atom. The number of aromatic nitrogens is 2. The molecule has 2 aromatic heterocycles. The number of aliphatic imine (C=N–C) groups is 1. The number of hydrogen-bond donors (Lipinski definition) is 1. The number of nitrogens with zero attached hydrogens (tertiary/aromatic N) is 2. The Bertz CT molecular complexity index is 1180. The second-order valence-corrected chi connectivity index (χ2v) is 8.93. The third kappa shape index (κ3) is 4.28. The Kier molecular flexibility index (Phi) is 6.23. The van der Waals surface area contributed by atoms with Crippen molar-refractivity contribution in [1.82, 2.24) is 9.78 Å². The highest BCUT2D eigenvalue weighted by molar-refractivity contribution is 7.16. The molecule has 0 saturated carbocycles. The summed E-state index contributed by atoms with van der Waals surface area (Å²) in [5.74, 6) is -0.322. The van der Waals surface area contributed by atoms with Crippen molar-refractivity contribution in [2.24, 2.45) is 4.99 Å². The fourth-order valence-electron chi connectivity index (χ4n) is 3.94. The Morgan fingerprint density at radius 1 is 1.19 bits per heavy atom. The van der Waals surface area contributed by atoms with E-state index in [1.165, 1.54) is 16.0 Å². The molecule has 1 aliphatic rings. The molecule has 2 heterocycles. The zero-order valence-electron chi connectivity index (χ0n) is 18.2. The maximum atomic E-state index is 13.0. The molecule has 0 radical (unpaired) electrons. The third-order valence-corrected chi connectivity index (χ3v) is 6.80. The van der Waals surface area contributed by atoms with Crippen molar-refractivity contribution in [1.29, 1.82) is 0 Å². The van der Waals surface area contributed by atoms with Crippen molar-refractivity contribution in [3.63, 3.8) is 0 Å². The topological polar surface area (TPSA) is 76.4 Å². The summed E-state index contributed by atoms with van der Waals surface area (Å²) in [6.07, 6.45) is 6.77. The lowest BCUT2D eigenvalue weighted by molar-refractivity contribution is 0.0526. The number of fused-ring (bicyclic) bond motifs is 1. The number of carbonyl (C=O) groups is 1. The average Bonchev–Trinajstić information content (AvgIpc) is 3.13. The van der Waals surface area contributed by atoms with Crippen molar-refractivity contribution in [3.8, 4) is 5.69 Å². The monoisotopic (exact) mass is 437 g/mol. The standard InChI is InChI=1S/C24H27N3O3S/c1-4-30-24(29)21-18-8-6-5-7-9-20(18)31-22(21)25-14-19-16(3)26-27(23(19)28)17-12-10-15(2)11-13-17/h10-14,26H,4-9H2,1-3H3. The highest BCUT2D eigenvalue weighted by Gasteiger charge is 2.25. The molecular formula is C24H27N3O3S. The van der Waals surface area contributed by atoms with E-state index in [1.807, 2.05) is 45.0 Å². The first-order valence-electron chi connectivity index (χ1n) is 10.7. The number of benzene rings is 1. The van der Waals surface area contributed by atoms with Crippen LogP contribution in [0.1, 0.15) is 63.8 Å². The number of carbonyl (C=O) groups excluding carboxylic acids is 1. The van der Waals surface area contributed by atoms with Crippen LogP contribution in [0, 0.1) is 13.8 Å². The van der Waals surface area contributed by atoms with Gasteiger partial charge < -0.3 is 4.74 Å². The number of H-pyrrole nitrogens is 1. The highest BCUT2D eigenvalue weighted by atomic mass is 32.1. The van der Waals surface area contributed by atoms with Crippen LogP contribution >= 0.6 is 11.3 Å². The van der Waals surface area contributed by atoms with Gasteiger partial charge in [0.2, 0.25) is 0 Å². The zero-order valence-corrected chi connectivity index (χ0v) is 19.0. The molecule has 6 nitrogen and oxygen atoms in total. The van der Waals surface area contributed by atoms with E-state index < -0.39 is 0 Å². The van der Waals surface area contributed by atoms with Crippen molar-refractivity contribution < 1.29 is 9.53 Å². The van der Waals surface area contributed by atoms with Gasteiger partial charge in [-0.15, -0.1) is 11.3 Å². The molecule has 0 amide bonds. The van der Waals surface area contributed by atoms with E-state index in [-0.39, 0.29) is 11.5 Å². The molecule has 31 heavy (non-hydrogen) atoms. The zero-order chi connectivity index (χ0) is 22.0. The minimum atomic E-state index is -0.322. The molecule has 0 aliphatic heterocycles. The van der Waals surface area contributed by atoms with Gasteiger partial charge in [0.25, 0.3) is 5.56 Å². The van der Waals surface area contributed by atoms with Gasteiger partial charge in [-0.1, -0.05) is 24.1 Å². The minimum absolute atomic E-state index is 0.166. The number of thiophene rings is 1. The van der Waals surface area contributed by atoms with Crippen LogP contribution in [-0.4, -0.2) is 28.6 Å². The van der Waals surface area contributed by atoms with Crippen LogP contribution in [0.3, 0.4) is 0 Å². The molecular weight excluding hydrogens is 410 g/mol. The Labute approximate surface area is 185 Å². The number of aryl methyl sites for hydroxylation is 3. The van der Waals surface area contributed by atoms with E-state index in [1.54, 1.807) is 17.6 Å². The number of ether oxygens (including phenoxy) is 1. The Balaban J connectivity index is 1.73. The molecule has 162 valence electrons. The van der Waals surface area contributed by atoms with Crippen LogP contribution in [0.4, 0.5) is 5.00 Å². The molecule has 0 unspecified atom stereocenters. The van der Waals surface area contributed by atoms with Gasteiger partial charge >= 0.3 is 5.97 Å². The lowest BCUT2D eigenvalue weighted by Gasteiger charge is -2.05. The van der Waals surface area contributed by atoms with E-state index in [0.717, 1.165) is 48.2 Å². The quantitative estimate of drug-likeness (QED) is 0.345. The van der Waals surface area contributed by atoms with Crippen LogP contribution in [0.5, 0.6) is 0 Å². The SMILES string of the molecule is CCOC(=O)c1c(N=Cc2c(C)[nH]n(-c3ccc(C)cc3)c2=O)sc2c1CCCCC2. The van der Waals surface area contributed by atoms with E-state index >= 15 is 0 Å². The van der Waals surface area contributed by atoms with Gasteiger partial charge in [0.15, 0.2) is 0 Å². The van der Waals surface area contributed by atoms with Crippen LogP contribution < -0.4 is 5.56 Å². The van der Waals surface area contributed by atoms with Gasteiger partial charge in [-0.25, -0.2) is 14.5 Å². The molecule has 1 aromatic carbocycles. The maximum Gasteiger partial charge on any atom is 0.341 e. The molecule has 3 aromatic rings. The van der Waals surface area contributed by atoms with Gasteiger partial charge in [-0.05, 0) is 64.2 Å². The van der Waals surface area contributed by atoms with Crippen LogP contribution in [0.25, 0.3) is 5.69 Å². The third-order valence-electron chi connectivity index (χ3n) is 5.60. The van der Waals surface area contributed by atoms with E-state index in [2.05, 4.69) is 10.1 Å². The summed E-state index contributed by atoms with van der Waals surface area (Å²) in [7, 11) is 0. The number of hydrogen-bond acceptors (Lipinski definition) is 5. The van der Waals surface area contributed by atoms with E-state index in [9.17, 15) is 9.59 Å². The predicted molar refractivity (Wildman–Crippen MR) is 125 cm³/mol. The fraction of sp³-hybridized carbons (Fsp3) is 0.375. The van der Waals surface area contributed by atoms with Gasteiger partial charge in [-0.2, -0.15) is 0 Å². The summed E-state index contributed by atoms with van der Waals surface area (Å²) >= 11 is 1.55. The van der Waals surface area contributed by atoms with Gasteiger partial charge in [-0.3, -0.25) is 9.89 Å². The first kappa shape index (κ1) is 21.3. The lowest BCUT2D eigenvalue weighted by Crippen LogP contribution is -2.17. The van der Waals surface area contributed by atoms with Crippen LogP contribution in [-0.2, 0) is 17.6 Å². The van der Waals surface area contributed by atoms with Crippen molar-refractivity contribution in [2.45, 2.75) is 52.9 Å². The maximum absolute atomic E-state index is 13.0. The largest absolute Gasteiger partial charge is 0.462 e. The predicted octanol–water partition coefficient (Wildman–Crippen LogP) is 5.04. The minimum Gasteiger partial charge on any atom is -0.462 e. The molecule has 0 atom stereocenters. The molecule has 0 bridgehead atoms. The Morgan fingerprint density at radius 3 is 2.68 bits per heavy atom. The molecule has 4 rings (SSSR count). The van der Waals surface area contributed by atoms with Gasteiger partial charge in [0.05, 0.1) is 23.4 Å². The number of aromatic amines is 1. The number of rotatable bonds is 5. The average molecular weight is 438 g/mol. The van der Waals surface area contributed by atoms with Crippen molar-refractivity contribution in [3.05, 3.63) is 67.4 Å². The Hall–Kier alpha value is -2.93. The summed E-state index contributed by atoms with van der Waals surface area (Å²) in [6.45, 7) is 5.99. The van der Waals surface area contributed by atoms with Crippen LogP contribution in [0.15, 0.2) is 34.1 Å². The van der Waals surface area contributed by atoms with Crippen LogP contribution in [0.2, 0.25) is 0 Å². The number of nitrogens with one attached hydrogen (secondary N) is 1. The van der Waals surface area contributed by atoms with Crippen molar-refractivity contribution >= 4 is 28.5 Å². The number of esters is 1. The molecule has 1 aliphatic carbocycles. The summed E-state index contributed by atoms with van der Waals surface area (Å²) in [5, 5.41) is 3.76. The molecule has 0 fully saturated rings. The second kappa shape index (κ2) is 9.06. The molecule has 1 N–H and O–H groups in total. The molecule has 0 saturated heterocycles. The molecule has 7 heteroatoms. The first-order valence-corrected chi connectivity index (χ1v) is 11.6. The fourth-order valence-corrected chi connectivity index (χ4v) is 5.16. The summed E-state index contributed by atoms with van der Waals surface area (Å²) in [6, 6.07) is 7.75. The lowest BCUT2D eigenvalue weighted by atomic mass is 10.1. The summed E-state index contributed by atoms with van der Waals surface area (Å²) in [4.78, 5) is 31.6.